The van der Waals surface area contributed by atoms with Gasteiger partial charge in [-0.2, -0.15) is 0 Å². The van der Waals surface area contributed by atoms with E-state index < -0.39 is 59.7 Å². The largest absolute Gasteiger partial charge is 0.508 e. The predicted molar refractivity (Wildman–Crippen MR) is 221 cm³/mol. The van der Waals surface area contributed by atoms with Crippen LogP contribution in [0.4, 0.5) is 0 Å². The maximum atomic E-state index is 14.6. The molecule has 0 bridgehead atoms. The number of phenolic OH excluding ortho intramolecular Hbond substituents is 1. The van der Waals surface area contributed by atoms with Gasteiger partial charge in [0.25, 0.3) is 0 Å². The second-order valence-electron chi connectivity index (χ2n) is 14.8. The molecular formula is C41H55N11O6. The van der Waals surface area contributed by atoms with Crippen molar-refractivity contribution in [2.45, 2.75) is 88.0 Å². The van der Waals surface area contributed by atoms with Crippen molar-refractivity contribution in [1.29, 1.82) is 0 Å². The number of rotatable bonds is 13. The third-order valence-electron chi connectivity index (χ3n) is 10.6. The number of benzene rings is 3. The number of unbranched alkanes of at least 4 members (excludes halogenated alkanes) is 1. The molecule has 0 spiro atoms. The average molecular weight is 798 g/mol. The molecule has 2 aliphatic heterocycles. The van der Waals surface area contributed by atoms with Gasteiger partial charge in [0.05, 0.1) is 0 Å². The molecule has 0 unspecified atom stereocenters. The van der Waals surface area contributed by atoms with E-state index in [1.54, 1.807) is 12.1 Å². The fraction of sp³-hybridized carbons (Fsp3) is 0.439. The Morgan fingerprint density at radius 2 is 1.31 bits per heavy atom. The summed E-state index contributed by atoms with van der Waals surface area (Å²) in [5.74, 6) is -2.93. The molecule has 3 aromatic carbocycles. The van der Waals surface area contributed by atoms with Gasteiger partial charge >= 0.3 is 0 Å². The molecule has 58 heavy (non-hydrogen) atoms. The van der Waals surface area contributed by atoms with E-state index >= 15 is 0 Å². The lowest BCUT2D eigenvalue weighted by molar-refractivity contribution is -0.144. The van der Waals surface area contributed by atoms with Crippen LogP contribution in [-0.2, 0) is 36.8 Å². The highest BCUT2D eigenvalue weighted by atomic mass is 16.3. The van der Waals surface area contributed by atoms with Crippen LogP contribution in [0.25, 0.3) is 10.8 Å². The Morgan fingerprint density at radius 3 is 2.02 bits per heavy atom. The summed E-state index contributed by atoms with van der Waals surface area (Å²) >= 11 is 0. The first-order valence-corrected chi connectivity index (χ1v) is 19.7. The van der Waals surface area contributed by atoms with Gasteiger partial charge in [-0.3, -0.25) is 34.0 Å². The van der Waals surface area contributed by atoms with Gasteiger partial charge in [-0.05, 0) is 79.0 Å². The average Bonchev–Trinajstić information content (AvgIpc) is 3.69. The highest BCUT2D eigenvalue weighted by Gasteiger charge is 2.41. The number of aliphatic imine (C=N–C) groups is 2. The zero-order valence-electron chi connectivity index (χ0n) is 32.8. The van der Waals surface area contributed by atoms with Gasteiger partial charge < -0.3 is 53.8 Å². The van der Waals surface area contributed by atoms with E-state index in [2.05, 4.69) is 25.9 Å². The summed E-state index contributed by atoms with van der Waals surface area (Å²) in [6, 6.07) is 14.4. The molecule has 0 radical (unpaired) electrons. The van der Waals surface area contributed by atoms with Crippen LogP contribution in [0.5, 0.6) is 5.75 Å². The van der Waals surface area contributed by atoms with Crippen molar-refractivity contribution in [3.8, 4) is 5.75 Å². The molecule has 2 aliphatic rings. The van der Waals surface area contributed by atoms with Crippen molar-refractivity contribution in [3.63, 3.8) is 0 Å². The third kappa shape index (κ3) is 11.6. The van der Waals surface area contributed by atoms with E-state index in [0.717, 1.165) is 16.3 Å². The van der Waals surface area contributed by atoms with E-state index in [0.29, 0.717) is 44.2 Å². The van der Waals surface area contributed by atoms with Gasteiger partial charge in [0.2, 0.25) is 29.5 Å². The Hall–Kier alpha value is -6.39. The zero-order valence-corrected chi connectivity index (χ0v) is 32.8. The second kappa shape index (κ2) is 20.2. The minimum atomic E-state index is -1.16. The number of phenols is 1. The molecule has 0 aromatic heterocycles. The molecule has 2 heterocycles. The topological polar surface area (TPSA) is 277 Å². The normalized spacial score (nSPS) is 21.9. The highest BCUT2D eigenvalue weighted by molar-refractivity contribution is 5.98. The van der Waals surface area contributed by atoms with Crippen molar-refractivity contribution in [2.75, 3.05) is 26.7 Å². The molecule has 2 fully saturated rings. The number of hydrogen-bond acceptors (Lipinski definition) is 8. The van der Waals surface area contributed by atoms with Crippen LogP contribution in [-0.4, -0.2) is 113 Å². The molecule has 3 aromatic rings. The van der Waals surface area contributed by atoms with Crippen LogP contribution in [0.2, 0.25) is 0 Å². The van der Waals surface area contributed by atoms with Crippen LogP contribution in [0.3, 0.4) is 0 Å². The summed E-state index contributed by atoms with van der Waals surface area (Å²) in [4.78, 5) is 82.8. The first-order chi connectivity index (χ1) is 27.8. The summed E-state index contributed by atoms with van der Waals surface area (Å²) < 4.78 is 0. The summed E-state index contributed by atoms with van der Waals surface area (Å²) in [6.45, 7) is 0.742. The predicted octanol–water partition coefficient (Wildman–Crippen LogP) is 0.114. The van der Waals surface area contributed by atoms with E-state index in [1.807, 2.05) is 42.5 Å². The van der Waals surface area contributed by atoms with Crippen LogP contribution < -0.4 is 38.9 Å². The number of nitrogens with zero attached hydrogens (tertiary/aromatic N) is 4. The van der Waals surface area contributed by atoms with Crippen LogP contribution in [0.15, 0.2) is 76.7 Å². The van der Waals surface area contributed by atoms with Crippen molar-refractivity contribution in [3.05, 3.63) is 77.9 Å². The number of amides is 5. The lowest BCUT2D eigenvalue weighted by Gasteiger charge is -2.33. The molecule has 5 amide bonds. The van der Waals surface area contributed by atoms with Crippen molar-refractivity contribution < 1.29 is 29.1 Å². The number of carbonyl (C=O) groups excluding carboxylic acids is 5. The Kier molecular flexibility index (Phi) is 14.9. The van der Waals surface area contributed by atoms with Gasteiger partial charge in [0, 0.05) is 39.5 Å². The van der Waals surface area contributed by atoms with Gasteiger partial charge in [-0.1, -0.05) is 54.6 Å². The van der Waals surface area contributed by atoms with E-state index in [1.165, 1.54) is 29.0 Å². The number of nitrogens with two attached hydrogens (primary N) is 4. The molecule has 5 atom stereocenters. The van der Waals surface area contributed by atoms with Gasteiger partial charge in [-0.25, -0.2) is 0 Å². The van der Waals surface area contributed by atoms with Crippen LogP contribution >= 0.6 is 0 Å². The number of fused-ring (bicyclic) bond motifs is 2. The minimum absolute atomic E-state index is 0.0256. The minimum Gasteiger partial charge on any atom is -0.508 e. The molecule has 0 aliphatic carbocycles. The first kappa shape index (κ1) is 42.7. The molecule has 2 saturated heterocycles. The van der Waals surface area contributed by atoms with Gasteiger partial charge in [0.15, 0.2) is 11.9 Å². The van der Waals surface area contributed by atoms with Crippen LogP contribution in [0, 0.1) is 0 Å². The Bertz CT molecular complexity index is 2000. The number of likely N-dealkylation sites (N-methyl/N-ethyl adjacent to an activating group) is 1. The monoisotopic (exact) mass is 797 g/mol. The van der Waals surface area contributed by atoms with Crippen molar-refractivity contribution in [2.24, 2.45) is 32.9 Å². The second-order valence-corrected chi connectivity index (χ2v) is 14.8. The fourth-order valence-electron chi connectivity index (χ4n) is 7.51. The number of aromatic hydroxyl groups is 1. The van der Waals surface area contributed by atoms with Crippen molar-refractivity contribution >= 4 is 52.2 Å². The van der Waals surface area contributed by atoms with Crippen molar-refractivity contribution in [1.82, 2.24) is 25.8 Å². The number of hydrogen-bond donors (Lipinski definition) is 8. The third-order valence-corrected chi connectivity index (χ3v) is 10.6. The quantitative estimate of drug-likeness (QED) is 0.0657. The van der Waals surface area contributed by atoms with Crippen LogP contribution in [0.1, 0.15) is 56.1 Å². The summed E-state index contributed by atoms with van der Waals surface area (Å²) in [6.07, 6.45) is 2.53. The number of nitrogens with one attached hydrogen (secondary N) is 3. The van der Waals surface area contributed by atoms with Gasteiger partial charge in [0.1, 0.15) is 36.0 Å². The SMILES string of the molecule is CN1C(=O)[C@H](CCCCN=C(N)N)NC(=O)[C@@H](Cc2ccc(O)cc2)NC(=O)[C@@H]2CCCN2C(=O)[C@H](Cc2ccc3ccccc3c2)NC(=O)[C@@H]1CCCN=C(N)N. The Labute approximate surface area is 337 Å². The molecule has 17 nitrogen and oxygen atoms in total. The van der Waals surface area contributed by atoms with E-state index in [4.69, 9.17) is 22.9 Å². The smallest absolute Gasteiger partial charge is 0.246 e. The molecule has 0 saturated carbocycles. The fourth-order valence-corrected chi connectivity index (χ4v) is 7.51. The summed E-state index contributed by atoms with van der Waals surface area (Å²) in [5.41, 5.74) is 23.5. The van der Waals surface area contributed by atoms with Gasteiger partial charge in [-0.15, -0.1) is 0 Å². The highest BCUT2D eigenvalue weighted by Crippen LogP contribution is 2.23. The zero-order chi connectivity index (χ0) is 41.8. The summed E-state index contributed by atoms with van der Waals surface area (Å²) in [7, 11) is 1.48. The molecular weight excluding hydrogens is 743 g/mol. The molecule has 310 valence electrons. The van der Waals surface area contributed by atoms with E-state index in [-0.39, 0.29) is 56.4 Å². The van der Waals surface area contributed by atoms with E-state index in [9.17, 15) is 29.1 Å². The first-order valence-electron chi connectivity index (χ1n) is 19.7. The molecule has 17 heteroatoms. The Balaban J connectivity index is 1.55. The standard InChI is InChI=1S/C41H55N11O6/c1-51-33(11-6-20-47-41(44)45)36(55)50-32(24-26-13-16-27-8-2-3-9-28(27)22-26)39(58)52-21-7-12-34(52)37(56)49-31(23-25-14-17-29(53)18-15-25)35(54)48-30(38(51)57)10-4-5-19-46-40(42)43/h2-3,8-9,13-18,22,30-34,53H,4-7,10-12,19-21,23-24H2,1H3,(H,48,54)(H,49,56)(H,50,55)(H4,42,43,46)(H4,44,45,47)/t30-,31+,32-,33-,34-/m0/s1. The number of guanidine groups is 2. The molecule has 12 N–H and O–H groups in total. The maximum Gasteiger partial charge on any atom is 0.246 e. The molecule has 5 rings (SSSR count). The Morgan fingerprint density at radius 1 is 0.690 bits per heavy atom. The number of carbonyl (C=O) groups is 5. The summed E-state index contributed by atoms with van der Waals surface area (Å²) in [5, 5.41) is 20.6. The lowest BCUT2D eigenvalue weighted by Crippen LogP contribution is -2.58. The maximum absolute atomic E-state index is 14.6. The lowest BCUT2D eigenvalue weighted by atomic mass is 9.99.